The molecule has 0 spiro atoms. The summed E-state index contributed by atoms with van der Waals surface area (Å²) in [5.74, 6) is -6.39. The molecule has 174 valence electrons. The van der Waals surface area contributed by atoms with E-state index >= 15 is 0 Å². The molecule has 1 rings (SSSR count). The number of primary amides is 1. The Hall–Kier alpha value is -3.22. The predicted octanol–water partition coefficient (Wildman–Crippen LogP) is -2.63. The Morgan fingerprint density at radius 3 is 2.13 bits per heavy atom. The molecular weight excluding hydrogens is 414 g/mol. The number of hydrogen-bond acceptors (Lipinski definition) is 7. The SMILES string of the molecule is CC(C)C(NC(=O)C(N)CC(N)=O)C(=O)NC(CC(=O)O)C(=O)N1CCCC1C(=O)O. The predicted molar refractivity (Wildman–Crippen MR) is 105 cm³/mol. The molecule has 0 saturated carbocycles. The quantitative estimate of drug-likeness (QED) is 0.196. The molecular formula is C18H29N5O8. The van der Waals surface area contributed by atoms with Gasteiger partial charge in [-0.1, -0.05) is 13.8 Å². The summed E-state index contributed by atoms with van der Waals surface area (Å²) in [5, 5.41) is 23.1. The van der Waals surface area contributed by atoms with Gasteiger partial charge in [0.25, 0.3) is 0 Å². The largest absolute Gasteiger partial charge is 0.481 e. The van der Waals surface area contributed by atoms with Gasteiger partial charge >= 0.3 is 11.9 Å². The van der Waals surface area contributed by atoms with Crippen LogP contribution in [0.5, 0.6) is 0 Å². The number of amides is 4. The number of nitrogens with one attached hydrogen (secondary N) is 2. The van der Waals surface area contributed by atoms with Crippen molar-refractivity contribution in [3.63, 3.8) is 0 Å². The van der Waals surface area contributed by atoms with E-state index in [0.717, 1.165) is 4.90 Å². The molecule has 4 amide bonds. The highest BCUT2D eigenvalue weighted by atomic mass is 16.4. The van der Waals surface area contributed by atoms with Crippen LogP contribution in [0.2, 0.25) is 0 Å². The number of rotatable bonds is 11. The fourth-order valence-corrected chi connectivity index (χ4v) is 3.23. The van der Waals surface area contributed by atoms with Gasteiger partial charge in [-0.05, 0) is 18.8 Å². The second-order valence-electron chi connectivity index (χ2n) is 7.69. The van der Waals surface area contributed by atoms with Crippen molar-refractivity contribution >= 4 is 35.6 Å². The molecule has 1 fully saturated rings. The second kappa shape index (κ2) is 11.2. The van der Waals surface area contributed by atoms with Crippen LogP contribution >= 0.6 is 0 Å². The molecule has 31 heavy (non-hydrogen) atoms. The zero-order valence-electron chi connectivity index (χ0n) is 17.4. The first-order valence-corrected chi connectivity index (χ1v) is 9.74. The molecule has 0 radical (unpaired) electrons. The minimum Gasteiger partial charge on any atom is -0.481 e. The lowest BCUT2D eigenvalue weighted by Gasteiger charge is -2.29. The highest BCUT2D eigenvalue weighted by Gasteiger charge is 2.39. The number of hydrogen-bond donors (Lipinski definition) is 6. The average Bonchev–Trinajstić information content (AvgIpc) is 3.13. The van der Waals surface area contributed by atoms with Crippen LogP contribution in [0, 0.1) is 5.92 Å². The topological polar surface area (TPSA) is 222 Å². The van der Waals surface area contributed by atoms with Gasteiger partial charge in [-0.25, -0.2) is 4.79 Å². The third-order valence-electron chi connectivity index (χ3n) is 4.82. The summed E-state index contributed by atoms with van der Waals surface area (Å²) in [5.41, 5.74) is 10.6. The van der Waals surface area contributed by atoms with Gasteiger partial charge in [-0.3, -0.25) is 24.0 Å². The lowest BCUT2D eigenvalue weighted by Crippen LogP contribution is -2.59. The van der Waals surface area contributed by atoms with E-state index in [2.05, 4.69) is 10.6 Å². The van der Waals surface area contributed by atoms with E-state index < -0.39 is 78.5 Å². The number of carbonyl (C=O) groups is 6. The molecule has 0 aromatic carbocycles. The normalized spacial score (nSPS) is 18.7. The maximum atomic E-state index is 12.8. The Bertz CT molecular complexity index is 740. The first kappa shape index (κ1) is 25.8. The lowest BCUT2D eigenvalue weighted by molar-refractivity contribution is -0.150. The van der Waals surface area contributed by atoms with Crippen LogP contribution in [0.4, 0.5) is 0 Å². The molecule has 0 aromatic rings. The van der Waals surface area contributed by atoms with Crippen LogP contribution in [0.1, 0.15) is 39.5 Å². The van der Waals surface area contributed by atoms with Crippen LogP contribution < -0.4 is 22.1 Å². The van der Waals surface area contributed by atoms with E-state index in [-0.39, 0.29) is 13.0 Å². The number of carbonyl (C=O) groups excluding carboxylic acids is 4. The van der Waals surface area contributed by atoms with Crippen molar-refractivity contribution in [3.8, 4) is 0 Å². The summed E-state index contributed by atoms with van der Waals surface area (Å²) in [4.78, 5) is 72.3. The number of aliphatic carboxylic acids is 2. The molecule has 8 N–H and O–H groups in total. The number of nitrogens with zero attached hydrogens (tertiary/aromatic N) is 1. The summed E-state index contributed by atoms with van der Waals surface area (Å²) in [6, 6.07) is -5.11. The molecule has 13 heteroatoms. The maximum absolute atomic E-state index is 12.8. The standard InChI is InChI=1S/C18H29N5O8/c1-8(2)14(22-15(27)9(19)6-12(20)24)16(28)21-10(7-13(25)26)17(29)23-5-3-4-11(23)18(30)31/h8-11,14H,3-7,19H2,1-2H3,(H2,20,24)(H,21,28)(H,22,27)(H,25,26)(H,30,31). The van der Waals surface area contributed by atoms with Crippen LogP contribution in [0.25, 0.3) is 0 Å². The fourth-order valence-electron chi connectivity index (χ4n) is 3.23. The summed E-state index contributed by atoms with van der Waals surface area (Å²) >= 11 is 0. The van der Waals surface area contributed by atoms with Gasteiger partial charge in [0.05, 0.1) is 18.9 Å². The van der Waals surface area contributed by atoms with Gasteiger partial charge in [-0.15, -0.1) is 0 Å². The highest BCUT2D eigenvalue weighted by molar-refractivity contribution is 5.96. The summed E-state index contributed by atoms with van der Waals surface area (Å²) in [6.07, 6.45) is -0.562. The van der Waals surface area contributed by atoms with E-state index in [0.29, 0.717) is 6.42 Å². The highest BCUT2D eigenvalue weighted by Crippen LogP contribution is 2.19. The van der Waals surface area contributed by atoms with Gasteiger partial charge in [0.1, 0.15) is 18.1 Å². The zero-order valence-corrected chi connectivity index (χ0v) is 17.4. The van der Waals surface area contributed by atoms with E-state index in [9.17, 15) is 33.9 Å². The van der Waals surface area contributed by atoms with Crippen LogP contribution in [-0.4, -0.2) is 81.4 Å². The van der Waals surface area contributed by atoms with Crippen LogP contribution in [-0.2, 0) is 28.8 Å². The van der Waals surface area contributed by atoms with Crippen molar-refractivity contribution in [2.45, 2.75) is 63.7 Å². The van der Waals surface area contributed by atoms with Crippen molar-refractivity contribution in [1.29, 1.82) is 0 Å². The van der Waals surface area contributed by atoms with Crippen LogP contribution in [0.3, 0.4) is 0 Å². The number of likely N-dealkylation sites (tertiary alicyclic amines) is 1. The Morgan fingerprint density at radius 2 is 1.65 bits per heavy atom. The van der Waals surface area contributed by atoms with E-state index in [4.69, 9.17) is 16.6 Å². The first-order chi connectivity index (χ1) is 14.3. The lowest BCUT2D eigenvalue weighted by atomic mass is 10.0. The molecule has 4 atom stereocenters. The summed E-state index contributed by atoms with van der Waals surface area (Å²) in [6.45, 7) is 3.31. The van der Waals surface area contributed by atoms with Crippen molar-refractivity contribution in [3.05, 3.63) is 0 Å². The molecule has 1 aliphatic heterocycles. The molecule has 13 nitrogen and oxygen atoms in total. The molecule has 0 bridgehead atoms. The van der Waals surface area contributed by atoms with Gasteiger partial charge in [-0.2, -0.15) is 0 Å². The smallest absolute Gasteiger partial charge is 0.326 e. The third-order valence-corrected chi connectivity index (χ3v) is 4.82. The molecule has 0 aromatic heterocycles. The van der Waals surface area contributed by atoms with Crippen LogP contribution in [0.15, 0.2) is 0 Å². The van der Waals surface area contributed by atoms with Gasteiger partial charge in [0, 0.05) is 6.54 Å². The molecule has 4 unspecified atom stereocenters. The minimum absolute atomic E-state index is 0.119. The Morgan fingerprint density at radius 1 is 1.03 bits per heavy atom. The van der Waals surface area contributed by atoms with Crippen molar-refractivity contribution in [2.24, 2.45) is 17.4 Å². The fraction of sp³-hybridized carbons (Fsp3) is 0.667. The molecule has 0 aliphatic carbocycles. The first-order valence-electron chi connectivity index (χ1n) is 9.74. The summed E-state index contributed by atoms with van der Waals surface area (Å²) in [7, 11) is 0. The number of carboxylic acid groups (broad SMARTS) is 2. The zero-order chi connectivity index (χ0) is 23.9. The van der Waals surface area contributed by atoms with E-state index in [1.807, 2.05) is 0 Å². The number of carboxylic acids is 2. The molecule has 1 saturated heterocycles. The second-order valence-corrected chi connectivity index (χ2v) is 7.69. The Balaban J connectivity index is 2.98. The van der Waals surface area contributed by atoms with Gasteiger partial charge in [0.2, 0.25) is 23.6 Å². The third kappa shape index (κ3) is 7.51. The minimum atomic E-state index is -1.53. The molecule has 1 aliphatic rings. The number of nitrogens with two attached hydrogens (primary N) is 2. The monoisotopic (exact) mass is 443 g/mol. The van der Waals surface area contributed by atoms with Gasteiger partial charge in [0.15, 0.2) is 0 Å². The maximum Gasteiger partial charge on any atom is 0.326 e. The molecule has 1 heterocycles. The van der Waals surface area contributed by atoms with E-state index in [1.165, 1.54) is 0 Å². The Labute approximate surface area is 178 Å². The summed E-state index contributed by atoms with van der Waals surface area (Å²) < 4.78 is 0. The van der Waals surface area contributed by atoms with Crippen molar-refractivity contribution in [1.82, 2.24) is 15.5 Å². The Kier molecular flexibility index (Phi) is 9.37. The van der Waals surface area contributed by atoms with Gasteiger partial charge < -0.3 is 37.2 Å². The van der Waals surface area contributed by atoms with Crippen molar-refractivity contribution < 1.29 is 39.0 Å². The van der Waals surface area contributed by atoms with Crippen molar-refractivity contribution in [2.75, 3.05) is 6.54 Å². The van der Waals surface area contributed by atoms with E-state index in [1.54, 1.807) is 13.8 Å². The average molecular weight is 443 g/mol.